The zero-order valence-electron chi connectivity index (χ0n) is 13.0. The number of rotatable bonds is 2. The van der Waals surface area contributed by atoms with Crippen LogP contribution >= 0.6 is 0 Å². The number of aromatic nitrogens is 1. The SMILES string of the molecule is COC(=O)c1ccc(N2CCC3(CCN(C)C3=O)CC2)cn1. The van der Waals surface area contributed by atoms with Crippen molar-refractivity contribution in [3.05, 3.63) is 24.0 Å². The minimum absolute atomic E-state index is 0.148. The number of hydrogen-bond acceptors (Lipinski definition) is 5. The van der Waals surface area contributed by atoms with Crippen molar-refractivity contribution in [2.24, 2.45) is 5.41 Å². The molecule has 2 aliphatic heterocycles. The predicted octanol–water partition coefficient (Wildman–Crippen LogP) is 1.32. The number of carbonyl (C=O) groups excluding carboxylic acids is 2. The van der Waals surface area contributed by atoms with Crippen molar-refractivity contribution in [2.75, 3.05) is 38.7 Å². The summed E-state index contributed by atoms with van der Waals surface area (Å²) in [5.41, 5.74) is 1.15. The number of carbonyl (C=O) groups is 2. The maximum atomic E-state index is 12.3. The van der Waals surface area contributed by atoms with E-state index in [1.165, 1.54) is 7.11 Å². The molecular formula is C16H21N3O3. The van der Waals surface area contributed by atoms with Crippen molar-refractivity contribution < 1.29 is 14.3 Å². The Morgan fingerprint density at radius 1 is 1.23 bits per heavy atom. The first-order valence-electron chi connectivity index (χ1n) is 7.61. The van der Waals surface area contributed by atoms with E-state index in [0.717, 1.165) is 44.6 Å². The van der Waals surface area contributed by atoms with Gasteiger partial charge in [0, 0.05) is 26.7 Å². The van der Waals surface area contributed by atoms with Crippen LogP contribution in [-0.2, 0) is 9.53 Å². The van der Waals surface area contributed by atoms with Gasteiger partial charge in [0.1, 0.15) is 5.69 Å². The van der Waals surface area contributed by atoms with Crippen LogP contribution in [0.25, 0.3) is 0 Å². The van der Waals surface area contributed by atoms with E-state index in [0.29, 0.717) is 11.6 Å². The van der Waals surface area contributed by atoms with Crippen LogP contribution < -0.4 is 4.90 Å². The zero-order chi connectivity index (χ0) is 15.7. The fourth-order valence-corrected chi connectivity index (χ4v) is 3.45. The lowest BCUT2D eigenvalue weighted by Gasteiger charge is -2.38. The fourth-order valence-electron chi connectivity index (χ4n) is 3.45. The number of anilines is 1. The van der Waals surface area contributed by atoms with E-state index >= 15 is 0 Å². The number of nitrogens with zero attached hydrogens (tertiary/aromatic N) is 3. The number of methoxy groups -OCH3 is 1. The van der Waals surface area contributed by atoms with Crippen LogP contribution in [0.1, 0.15) is 29.8 Å². The lowest BCUT2D eigenvalue weighted by Crippen LogP contribution is -2.44. The molecule has 0 aromatic carbocycles. The number of piperidine rings is 1. The summed E-state index contributed by atoms with van der Waals surface area (Å²) in [5, 5.41) is 0. The third-order valence-corrected chi connectivity index (χ3v) is 4.95. The minimum Gasteiger partial charge on any atom is -0.464 e. The first-order valence-corrected chi connectivity index (χ1v) is 7.61. The van der Waals surface area contributed by atoms with Crippen LogP contribution in [0.5, 0.6) is 0 Å². The summed E-state index contributed by atoms with van der Waals surface area (Å²) in [6.45, 7) is 2.56. The molecule has 2 fully saturated rings. The highest BCUT2D eigenvalue weighted by atomic mass is 16.5. The van der Waals surface area contributed by atoms with Gasteiger partial charge in [-0.25, -0.2) is 9.78 Å². The maximum Gasteiger partial charge on any atom is 0.356 e. The molecule has 0 atom stereocenters. The highest BCUT2D eigenvalue weighted by Gasteiger charge is 2.46. The molecule has 2 saturated heterocycles. The molecule has 0 aliphatic carbocycles. The van der Waals surface area contributed by atoms with Gasteiger partial charge in [-0.2, -0.15) is 0 Å². The monoisotopic (exact) mass is 303 g/mol. The van der Waals surface area contributed by atoms with E-state index < -0.39 is 5.97 Å². The quantitative estimate of drug-likeness (QED) is 0.771. The van der Waals surface area contributed by atoms with E-state index in [1.807, 2.05) is 18.0 Å². The fraction of sp³-hybridized carbons (Fsp3) is 0.562. The molecule has 1 amide bonds. The van der Waals surface area contributed by atoms with Crippen molar-refractivity contribution in [1.29, 1.82) is 0 Å². The molecule has 22 heavy (non-hydrogen) atoms. The molecule has 6 heteroatoms. The molecule has 0 saturated carbocycles. The van der Waals surface area contributed by atoms with Gasteiger partial charge < -0.3 is 14.5 Å². The smallest absolute Gasteiger partial charge is 0.356 e. The van der Waals surface area contributed by atoms with Crippen LogP contribution in [0, 0.1) is 5.41 Å². The van der Waals surface area contributed by atoms with E-state index in [4.69, 9.17) is 0 Å². The lowest BCUT2D eigenvalue weighted by molar-refractivity contribution is -0.135. The summed E-state index contributed by atoms with van der Waals surface area (Å²) in [5.74, 6) is -0.130. The van der Waals surface area contributed by atoms with Gasteiger partial charge in [-0.1, -0.05) is 0 Å². The molecule has 3 rings (SSSR count). The van der Waals surface area contributed by atoms with Crippen molar-refractivity contribution in [2.45, 2.75) is 19.3 Å². The van der Waals surface area contributed by atoms with Gasteiger partial charge in [-0.15, -0.1) is 0 Å². The summed E-state index contributed by atoms with van der Waals surface area (Å²) in [7, 11) is 3.23. The summed E-state index contributed by atoms with van der Waals surface area (Å²) in [6, 6.07) is 3.57. The number of hydrogen-bond donors (Lipinski definition) is 0. The second-order valence-electron chi connectivity index (χ2n) is 6.14. The van der Waals surface area contributed by atoms with Gasteiger partial charge in [0.05, 0.1) is 24.4 Å². The predicted molar refractivity (Wildman–Crippen MR) is 81.7 cm³/mol. The van der Waals surface area contributed by atoms with Gasteiger partial charge in [-0.3, -0.25) is 4.79 Å². The lowest BCUT2D eigenvalue weighted by atomic mass is 9.77. The van der Waals surface area contributed by atoms with Crippen molar-refractivity contribution in [3.63, 3.8) is 0 Å². The molecule has 6 nitrogen and oxygen atoms in total. The Morgan fingerprint density at radius 3 is 2.41 bits per heavy atom. The molecular weight excluding hydrogens is 282 g/mol. The van der Waals surface area contributed by atoms with Crippen molar-refractivity contribution >= 4 is 17.6 Å². The van der Waals surface area contributed by atoms with Crippen molar-refractivity contribution in [1.82, 2.24) is 9.88 Å². The van der Waals surface area contributed by atoms with E-state index in [9.17, 15) is 9.59 Å². The number of pyridine rings is 1. The summed E-state index contributed by atoms with van der Waals surface area (Å²) < 4.78 is 4.65. The molecule has 0 radical (unpaired) electrons. The molecule has 0 bridgehead atoms. The van der Waals surface area contributed by atoms with E-state index in [1.54, 1.807) is 12.3 Å². The first kappa shape index (κ1) is 14.8. The molecule has 1 aromatic rings. The van der Waals surface area contributed by atoms with E-state index in [2.05, 4.69) is 14.6 Å². The van der Waals surface area contributed by atoms with Crippen LogP contribution in [0.4, 0.5) is 5.69 Å². The first-order chi connectivity index (χ1) is 10.6. The van der Waals surface area contributed by atoms with Crippen LogP contribution in [0.2, 0.25) is 0 Å². The Hall–Kier alpha value is -2.11. The normalized spacial score (nSPS) is 20.5. The highest BCUT2D eigenvalue weighted by Crippen LogP contribution is 2.41. The summed E-state index contributed by atoms with van der Waals surface area (Å²) in [4.78, 5) is 31.9. The van der Waals surface area contributed by atoms with Crippen LogP contribution in [-0.4, -0.2) is 55.6 Å². The molecule has 118 valence electrons. The average Bonchev–Trinajstić information content (AvgIpc) is 2.84. The maximum absolute atomic E-state index is 12.3. The number of likely N-dealkylation sites (tertiary alicyclic amines) is 1. The molecule has 0 N–H and O–H groups in total. The van der Waals surface area contributed by atoms with Gasteiger partial charge in [-0.05, 0) is 31.4 Å². The summed E-state index contributed by atoms with van der Waals surface area (Å²) >= 11 is 0. The number of ether oxygens (including phenoxy) is 1. The standard InChI is InChI=1S/C16H21N3O3/c1-18-8-5-16(15(18)21)6-9-19(10-7-16)12-3-4-13(17-11-12)14(20)22-2/h3-4,11H,5-10H2,1-2H3. The second kappa shape index (κ2) is 5.59. The number of esters is 1. The van der Waals surface area contributed by atoms with Gasteiger partial charge in [0.2, 0.25) is 5.91 Å². The van der Waals surface area contributed by atoms with Crippen molar-refractivity contribution in [3.8, 4) is 0 Å². The molecule has 3 heterocycles. The topological polar surface area (TPSA) is 62.7 Å². The largest absolute Gasteiger partial charge is 0.464 e. The molecule has 1 aromatic heterocycles. The molecule has 1 spiro atoms. The van der Waals surface area contributed by atoms with Crippen LogP contribution in [0.3, 0.4) is 0 Å². The molecule has 0 unspecified atom stereocenters. The van der Waals surface area contributed by atoms with E-state index in [-0.39, 0.29) is 5.41 Å². The Balaban J connectivity index is 1.67. The number of amides is 1. The average molecular weight is 303 g/mol. The molecule has 2 aliphatic rings. The Bertz CT molecular complexity index is 577. The Morgan fingerprint density at radius 2 is 1.91 bits per heavy atom. The highest BCUT2D eigenvalue weighted by molar-refractivity contribution is 5.87. The summed E-state index contributed by atoms with van der Waals surface area (Å²) in [6.07, 6.45) is 4.44. The minimum atomic E-state index is -0.427. The third-order valence-electron chi connectivity index (χ3n) is 4.95. The van der Waals surface area contributed by atoms with Gasteiger partial charge in [0.15, 0.2) is 0 Å². The zero-order valence-corrected chi connectivity index (χ0v) is 13.0. The Labute approximate surface area is 130 Å². The third kappa shape index (κ3) is 2.42. The second-order valence-corrected chi connectivity index (χ2v) is 6.14. The van der Waals surface area contributed by atoms with Gasteiger partial charge >= 0.3 is 5.97 Å². The Kier molecular flexibility index (Phi) is 3.76. The van der Waals surface area contributed by atoms with Crippen LogP contribution in [0.15, 0.2) is 18.3 Å². The van der Waals surface area contributed by atoms with Gasteiger partial charge in [0.25, 0.3) is 0 Å².